The zero-order valence-corrected chi connectivity index (χ0v) is 19.7. The number of phenols is 1. The van der Waals surface area contributed by atoms with E-state index in [2.05, 4.69) is 14.1 Å². The van der Waals surface area contributed by atoms with E-state index in [1.54, 1.807) is 25.1 Å². The maximum Gasteiger partial charge on any atom is 0.295 e. The van der Waals surface area contributed by atoms with Gasteiger partial charge in [-0.3, -0.25) is 9.27 Å². The fraction of sp³-hybridized carbons (Fsp3) is 0.0476. The van der Waals surface area contributed by atoms with E-state index < -0.39 is 25.0 Å². The maximum absolute atomic E-state index is 13.3. The van der Waals surface area contributed by atoms with Crippen LogP contribution in [0.15, 0.2) is 75.4 Å². The first kappa shape index (κ1) is 24.2. The van der Waals surface area contributed by atoms with Crippen LogP contribution in [0.2, 0.25) is 0 Å². The molecule has 178 valence electrons. The van der Waals surface area contributed by atoms with E-state index in [-0.39, 0.29) is 37.4 Å². The average Bonchev–Trinajstić information content (AvgIpc) is 2.78. The molecule has 0 unspecified atom stereocenters. The molecule has 0 radical (unpaired) electrons. The van der Waals surface area contributed by atoms with Gasteiger partial charge in [-0.2, -0.15) is 8.42 Å². The molecule has 0 aliphatic carbocycles. The fourth-order valence-corrected chi connectivity index (χ4v) is 6.18. The molecular formula is C21H17NO9S3. The minimum atomic E-state index is -4.76. The summed E-state index contributed by atoms with van der Waals surface area (Å²) < 4.78 is 67.4. The van der Waals surface area contributed by atoms with E-state index in [4.69, 9.17) is 5.26 Å². The summed E-state index contributed by atoms with van der Waals surface area (Å²) in [7, 11) is -9.04. The van der Waals surface area contributed by atoms with Gasteiger partial charge in [0.15, 0.2) is 0 Å². The Kier molecular flexibility index (Phi) is 6.44. The van der Waals surface area contributed by atoms with Crippen molar-refractivity contribution in [2.75, 3.05) is 4.72 Å². The molecular weight excluding hydrogens is 506 g/mol. The molecule has 4 rings (SSSR count). The Bertz CT molecular complexity index is 1630. The Balaban J connectivity index is 1.91. The number of aromatic hydroxyl groups is 1. The predicted octanol–water partition coefficient (Wildman–Crippen LogP) is 4.48. The Hall–Kier alpha value is -2.91. The normalized spacial score (nSPS) is 12.3. The van der Waals surface area contributed by atoms with Crippen molar-refractivity contribution in [2.45, 2.75) is 21.6 Å². The third-order valence-corrected chi connectivity index (χ3v) is 8.04. The molecule has 0 heterocycles. The highest BCUT2D eigenvalue weighted by atomic mass is 32.2. The summed E-state index contributed by atoms with van der Waals surface area (Å²) in [5.41, 5.74) is 0.170. The number of fused-ring (bicyclic) bond motifs is 2. The number of phenolic OH excluding ortho intramolecular Hbond substituents is 1. The Morgan fingerprint density at radius 1 is 0.853 bits per heavy atom. The van der Waals surface area contributed by atoms with E-state index in [9.17, 15) is 26.5 Å². The zero-order chi connectivity index (χ0) is 24.7. The number of hydrogen-bond donors (Lipinski definition) is 4. The van der Waals surface area contributed by atoms with Gasteiger partial charge in [0.05, 0.1) is 22.6 Å². The molecule has 4 aromatic carbocycles. The van der Waals surface area contributed by atoms with Crippen LogP contribution < -0.4 is 4.72 Å². The van der Waals surface area contributed by atoms with Gasteiger partial charge in [-0.1, -0.05) is 41.4 Å². The Morgan fingerprint density at radius 3 is 2.18 bits per heavy atom. The van der Waals surface area contributed by atoms with Crippen molar-refractivity contribution < 1.29 is 41.1 Å². The first-order valence-corrected chi connectivity index (χ1v) is 13.1. The standard InChI is InChI=1S/C21H17NO9S3/c1-12-9-19(14-5-2-3-6-16(14)21(12)23)33(25,26)22-13-10-17-15(20(11-13)34(27,28)29)7-4-8-18(17)32-31-30-24/h2-11,22-24H,1H3,(H,27,28,29). The van der Waals surface area contributed by atoms with Crippen LogP contribution in [0.4, 0.5) is 5.69 Å². The highest BCUT2D eigenvalue weighted by molar-refractivity contribution is 7.94. The van der Waals surface area contributed by atoms with Crippen molar-refractivity contribution in [2.24, 2.45) is 0 Å². The highest BCUT2D eigenvalue weighted by Gasteiger charge is 2.23. The van der Waals surface area contributed by atoms with Crippen molar-refractivity contribution in [3.05, 3.63) is 66.2 Å². The molecule has 0 bridgehead atoms. The summed E-state index contributed by atoms with van der Waals surface area (Å²) in [5.74, 6) is -0.0540. The quantitative estimate of drug-likeness (QED) is 0.118. The molecule has 13 heteroatoms. The average molecular weight is 524 g/mol. The molecule has 34 heavy (non-hydrogen) atoms. The fourth-order valence-electron chi connectivity index (χ4n) is 3.61. The molecule has 0 amide bonds. The van der Waals surface area contributed by atoms with Crippen LogP contribution in [0, 0.1) is 6.92 Å². The second-order valence-electron chi connectivity index (χ2n) is 7.22. The summed E-state index contributed by atoms with van der Waals surface area (Å²) in [6, 6.07) is 14.4. The molecule has 10 nitrogen and oxygen atoms in total. The van der Waals surface area contributed by atoms with E-state index in [0.717, 1.165) is 6.07 Å². The van der Waals surface area contributed by atoms with E-state index in [0.29, 0.717) is 23.0 Å². The van der Waals surface area contributed by atoms with Crippen molar-refractivity contribution >= 4 is 59.4 Å². The summed E-state index contributed by atoms with van der Waals surface area (Å²) in [5, 5.41) is 23.3. The van der Waals surface area contributed by atoms with E-state index in [1.165, 1.54) is 36.4 Å². The molecule has 4 aromatic rings. The van der Waals surface area contributed by atoms with Crippen LogP contribution in [-0.2, 0) is 29.5 Å². The lowest BCUT2D eigenvalue weighted by atomic mass is 10.1. The number of nitrogens with one attached hydrogen (secondary N) is 1. The first-order chi connectivity index (χ1) is 16.0. The van der Waals surface area contributed by atoms with Gasteiger partial charge in [-0.15, -0.1) is 4.33 Å². The molecule has 0 saturated carbocycles. The van der Waals surface area contributed by atoms with Gasteiger partial charge < -0.3 is 5.11 Å². The molecule has 4 N–H and O–H groups in total. The minimum Gasteiger partial charge on any atom is -0.507 e. The Labute approximate surface area is 198 Å². The van der Waals surface area contributed by atoms with Crippen molar-refractivity contribution in [1.82, 2.24) is 0 Å². The lowest BCUT2D eigenvalue weighted by molar-refractivity contribution is -0.432. The van der Waals surface area contributed by atoms with Crippen molar-refractivity contribution in [3.63, 3.8) is 0 Å². The number of benzene rings is 4. The second-order valence-corrected chi connectivity index (χ2v) is 11.0. The Morgan fingerprint density at radius 2 is 1.50 bits per heavy atom. The molecule has 0 saturated heterocycles. The van der Waals surface area contributed by atoms with Crippen molar-refractivity contribution in [1.29, 1.82) is 0 Å². The monoisotopic (exact) mass is 523 g/mol. The number of hydrogen-bond acceptors (Lipinski definition) is 9. The maximum atomic E-state index is 13.3. The van der Waals surface area contributed by atoms with Crippen LogP contribution in [0.25, 0.3) is 21.5 Å². The molecule has 0 aliphatic rings. The SMILES string of the molecule is Cc1cc(S(=O)(=O)Nc2cc(S(=O)(=O)O)c3cccc(SOOO)c3c2)c2ccccc2c1O. The van der Waals surface area contributed by atoms with Crippen LogP contribution >= 0.6 is 12.0 Å². The van der Waals surface area contributed by atoms with E-state index in [1.807, 2.05) is 0 Å². The molecule has 0 aromatic heterocycles. The summed E-state index contributed by atoms with van der Waals surface area (Å²) in [4.78, 5) is -0.406. The lowest BCUT2D eigenvalue weighted by Gasteiger charge is -2.15. The van der Waals surface area contributed by atoms with Gasteiger partial charge in [0.2, 0.25) is 0 Å². The van der Waals surface area contributed by atoms with Crippen LogP contribution in [-0.4, -0.2) is 31.8 Å². The zero-order valence-electron chi connectivity index (χ0n) is 17.3. The molecule has 0 fully saturated rings. The van der Waals surface area contributed by atoms with Gasteiger partial charge in [0.25, 0.3) is 20.1 Å². The topological polar surface area (TPSA) is 159 Å². The van der Waals surface area contributed by atoms with Crippen molar-refractivity contribution in [3.8, 4) is 5.75 Å². The largest absolute Gasteiger partial charge is 0.507 e. The number of sulfonamides is 1. The van der Waals surface area contributed by atoms with Gasteiger partial charge in [0, 0.05) is 26.4 Å². The van der Waals surface area contributed by atoms with Gasteiger partial charge >= 0.3 is 0 Å². The summed E-state index contributed by atoms with van der Waals surface area (Å²) in [6.45, 7) is 1.56. The third kappa shape index (κ3) is 4.54. The molecule has 0 atom stereocenters. The molecule has 0 spiro atoms. The number of rotatable bonds is 7. The van der Waals surface area contributed by atoms with Gasteiger partial charge in [-0.25, -0.2) is 13.7 Å². The number of aryl methyl sites for hydroxylation is 1. The van der Waals surface area contributed by atoms with Crippen LogP contribution in [0.5, 0.6) is 5.75 Å². The van der Waals surface area contributed by atoms with Gasteiger partial charge in [-0.05, 0) is 36.8 Å². The van der Waals surface area contributed by atoms with Gasteiger partial charge in [0.1, 0.15) is 10.6 Å². The first-order valence-electron chi connectivity index (χ1n) is 9.46. The second kappa shape index (κ2) is 9.03. The highest BCUT2D eigenvalue weighted by Crippen LogP contribution is 2.37. The van der Waals surface area contributed by atoms with E-state index >= 15 is 0 Å². The summed E-state index contributed by atoms with van der Waals surface area (Å²) >= 11 is 0.544. The van der Waals surface area contributed by atoms with Crippen LogP contribution in [0.1, 0.15) is 5.56 Å². The predicted molar refractivity (Wildman–Crippen MR) is 126 cm³/mol. The third-order valence-electron chi connectivity index (χ3n) is 5.06. The lowest BCUT2D eigenvalue weighted by Crippen LogP contribution is -2.14. The smallest absolute Gasteiger partial charge is 0.295 e. The molecule has 0 aliphatic heterocycles. The minimum absolute atomic E-state index is 0.0540. The number of anilines is 1. The summed E-state index contributed by atoms with van der Waals surface area (Å²) in [6.07, 6.45) is 0. The van der Waals surface area contributed by atoms with Crippen LogP contribution in [0.3, 0.4) is 0 Å².